The van der Waals surface area contributed by atoms with Crippen LogP contribution < -0.4 is 5.73 Å². The average molecular weight is 379 g/mol. The molecule has 0 heterocycles. The predicted octanol–water partition coefficient (Wildman–Crippen LogP) is 2.61. The first-order chi connectivity index (χ1) is 12.2. The minimum absolute atomic E-state index is 0.191. The highest BCUT2D eigenvalue weighted by Crippen LogP contribution is 2.48. The summed E-state index contributed by atoms with van der Waals surface area (Å²) in [5.41, 5.74) is 5.52. The SMILES string of the molecule is CC(C)(N)C(C)(C)c1cc2c(cc1F)C[C@H](CCCB(O)O)[C@]2(C)C(=O)O. The molecule has 0 saturated heterocycles. The van der Waals surface area contributed by atoms with Gasteiger partial charge in [-0.3, -0.25) is 4.79 Å². The van der Waals surface area contributed by atoms with Gasteiger partial charge < -0.3 is 20.9 Å². The molecule has 0 unspecified atom stereocenters. The Morgan fingerprint density at radius 3 is 2.41 bits per heavy atom. The Kier molecular flexibility index (Phi) is 5.82. The predicted molar refractivity (Wildman–Crippen MR) is 104 cm³/mol. The number of carbonyl (C=O) groups is 1. The van der Waals surface area contributed by atoms with Crippen molar-refractivity contribution >= 4 is 13.1 Å². The summed E-state index contributed by atoms with van der Waals surface area (Å²) in [6.45, 7) is 9.08. The van der Waals surface area contributed by atoms with Crippen LogP contribution in [0.2, 0.25) is 6.32 Å². The van der Waals surface area contributed by atoms with E-state index in [1.807, 2.05) is 27.7 Å². The van der Waals surface area contributed by atoms with E-state index in [0.29, 0.717) is 36.0 Å². The van der Waals surface area contributed by atoms with E-state index >= 15 is 0 Å². The average Bonchev–Trinajstić information content (AvgIpc) is 2.78. The summed E-state index contributed by atoms with van der Waals surface area (Å²) >= 11 is 0. The number of hydrogen-bond acceptors (Lipinski definition) is 4. The van der Waals surface area contributed by atoms with E-state index < -0.39 is 29.5 Å². The summed E-state index contributed by atoms with van der Waals surface area (Å²) in [7, 11) is -1.40. The van der Waals surface area contributed by atoms with Gasteiger partial charge in [-0.15, -0.1) is 0 Å². The molecule has 1 aromatic rings. The maximum absolute atomic E-state index is 14.9. The number of aliphatic carboxylic acids is 1. The standard InChI is InChI=1S/C20H31BFNO4/c1-18(2,19(3,4)23)15-11-14-12(10-16(15)22)9-13(7-6-8-21(26)27)20(14,5)17(24)25/h10-11,13,26-27H,6-9,23H2,1-5H3,(H,24,25)/t13-,20-/m0/s1. The number of benzene rings is 1. The first-order valence-electron chi connectivity index (χ1n) is 9.44. The molecule has 7 heteroatoms. The van der Waals surface area contributed by atoms with Gasteiger partial charge in [0.15, 0.2) is 0 Å². The van der Waals surface area contributed by atoms with Crippen molar-refractivity contribution in [1.29, 1.82) is 0 Å². The van der Waals surface area contributed by atoms with Crippen molar-refractivity contribution in [2.75, 3.05) is 0 Å². The molecule has 0 spiro atoms. The first-order valence-corrected chi connectivity index (χ1v) is 9.44. The van der Waals surface area contributed by atoms with Crippen molar-refractivity contribution < 1.29 is 24.3 Å². The Morgan fingerprint density at radius 1 is 1.33 bits per heavy atom. The topological polar surface area (TPSA) is 104 Å². The molecule has 5 nitrogen and oxygen atoms in total. The molecule has 0 saturated carbocycles. The number of hydrogen-bond donors (Lipinski definition) is 4. The highest BCUT2D eigenvalue weighted by molar-refractivity contribution is 6.40. The number of carboxylic acids is 1. The second kappa shape index (κ2) is 7.19. The van der Waals surface area contributed by atoms with Crippen molar-refractivity contribution in [2.24, 2.45) is 11.7 Å². The molecule has 0 amide bonds. The largest absolute Gasteiger partial charge is 0.481 e. The molecule has 0 aliphatic heterocycles. The number of halogens is 1. The van der Waals surface area contributed by atoms with E-state index in [0.717, 1.165) is 0 Å². The first kappa shape index (κ1) is 21.9. The third kappa shape index (κ3) is 3.77. The lowest BCUT2D eigenvalue weighted by Gasteiger charge is -2.40. The van der Waals surface area contributed by atoms with E-state index in [1.165, 1.54) is 6.07 Å². The molecule has 5 N–H and O–H groups in total. The third-order valence-electron chi connectivity index (χ3n) is 6.78. The van der Waals surface area contributed by atoms with Crippen LogP contribution in [-0.2, 0) is 22.0 Å². The molecule has 1 aliphatic rings. The van der Waals surface area contributed by atoms with Gasteiger partial charge in [0.1, 0.15) is 5.82 Å². The molecular formula is C20H31BFNO4. The van der Waals surface area contributed by atoms with Crippen LogP contribution in [0.25, 0.3) is 0 Å². The van der Waals surface area contributed by atoms with E-state index in [1.54, 1.807) is 13.0 Å². The van der Waals surface area contributed by atoms with E-state index in [2.05, 4.69) is 0 Å². The molecule has 2 rings (SSSR count). The lowest BCUT2D eigenvalue weighted by atomic mass is 9.68. The Balaban J connectivity index is 2.50. The van der Waals surface area contributed by atoms with Crippen LogP contribution in [0.5, 0.6) is 0 Å². The molecule has 2 atom stereocenters. The quantitative estimate of drug-likeness (QED) is 0.546. The normalized spacial score (nSPS) is 22.6. The molecule has 150 valence electrons. The molecule has 1 aliphatic carbocycles. The van der Waals surface area contributed by atoms with E-state index in [9.17, 15) is 14.3 Å². The van der Waals surface area contributed by atoms with Crippen LogP contribution in [0.4, 0.5) is 4.39 Å². The Labute approximate surface area is 160 Å². The minimum Gasteiger partial charge on any atom is -0.481 e. The maximum Gasteiger partial charge on any atom is 0.451 e. The van der Waals surface area contributed by atoms with Crippen LogP contribution in [0.1, 0.15) is 64.2 Å². The van der Waals surface area contributed by atoms with Crippen molar-refractivity contribution in [1.82, 2.24) is 0 Å². The fourth-order valence-electron chi connectivity index (χ4n) is 4.01. The minimum atomic E-state index is -1.40. The Morgan fingerprint density at radius 2 is 1.93 bits per heavy atom. The van der Waals surface area contributed by atoms with Gasteiger partial charge in [-0.2, -0.15) is 0 Å². The summed E-state index contributed by atoms with van der Waals surface area (Å²) in [5.74, 6) is -1.54. The molecule has 27 heavy (non-hydrogen) atoms. The zero-order chi connectivity index (χ0) is 20.8. The van der Waals surface area contributed by atoms with Crippen LogP contribution >= 0.6 is 0 Å². The molecule has 0 aromatic heterocycles. The van der Waals surface area contributed by atoms with Crippen molar-refractivity contribution in [3.63, 3.8) is 0 Å². The van der Waals surface area contributed by atoms with Crippen LogP contribution in [-0.4, -0.2) is 33.8 Å². The van der Waals surface area contributed by atoms with Gasteiger partial charge in [-0.05, 0) is 68.6 Å². The summed E-state index contributed by atoms with van der Waals surface area (Å²) in [4.78, 5) is 12.2. The van der Waals surface area contributed by atoms with Crippen LogP contribution in [0, 0.1) is 11.7 Å². The van der Waals surface area contributed by atoms with Gasteiger partial charge in [0.2, 0.25) is 0 Å². The number of carboxylic acid groups (broad SMARTS) is 1. The fourth-order valence-corrected chi connectivity index (χ4v) is 4.01. The highest BCUT2D eigenvalue weighted by atomic mass is 19.1. The highest BCUT2D eigenvalue weighted by Gasteiger charge is 2.50. The lowest BCUT2D eigenvalue weighted by Crippen LogP contribution is -2.50. The Hall–Kier alpha value is -1.44. The van der Waals surface area contributed by atoms with Crippen molar-refractivity contribution in [2.45, 2.75) is 76.6 Å². The smallest absolute Gasteiger partial charge is 0.451 e. The monoisotopic (exact) mass is 379 g/mol. The summed E-state index contributed by atoms with van der Waals surface area (Å²) in [5, 5.41) is 28.1. The van der Waals surface area contributed by atoms with Gasteiger partial charge in [0, 0.05) is 11.0 Å². The molecule has 0 fully saturated rings. The molecule has 1 aromatic carbocycles. The van der Waals surface area contributed by atoms with Crippen LogP contribution in [0.15, 0.2) is 12.1 Å². The second-order valence-electron chi connectivity index (χ2n) is 9.16. The summed E-state index contributed by atoms with van der Waals surface area (Å²) < 4.78 is 14.9. The van der Waals surface area contributed by atoms with Gasteiger partial charge >= 0.3 is 13.1 Å². The number of rotatable bonds is 7. The molecular weight excluding hydrogens is 348 g/mol. The van der Waals surface area contributed by atoms with Crippen molar-refractivity contribution in [3.05, 3.63) is 34.6 Å². The van der Waals surface area contributed by atoms with Crippen molar-refractivity contribution in [3.8, 4) is 0 Å². The fraction of sp³-hybridized carbons (Fsp3) is 0.650. The Bertz CT molecular complexity index is 729. The third-order valence-corrected chi connectivity index (χ3v) is 6.78. The maximum atomic E-state index is 14.9. The molecule has 0 radical (unpaired) electrons. The lowest BCUT2D eigenvalue weighted by molar-refractivity contribution is -0.145. The number of nitrogens with two attached hydrogens (primary N) is 1. The van der Waals surface area contributed by atoms with Crippen LogP contribution in [0.3, 0.4) is 0 Å². The van der Waals surface area contributed by atoms with Gasteiger partial charge in [-0.25, -0.2) is 4.39 Å². The zero-order valence-corrected chi connectivity index (χ0v) is 16.8. The second-order valence-corrected chi connectivity index (χ2v) is 9.16. The van der Waals surface area contributed by atoms with Gasteiger partial charge in [0.05, 0.1) is 5.41 Å². The zero-order valence-electron chi connectivity index (χ0n) is 16.8. The van der Waals surface area contributed by atoms with E-state index in [4.69, 9.17) is 15.8 Å². The van der Waals surface area contributed by atoms with Gasteiger partial charge in [-0.1, -0.05) is 26.3 Å². The summed E-state index contributed by atoms with van der Waals surface area (Å²) in [6, 6.07) is 3.15. The number of fused-ring (bicyclic) bond motifs is 1. The summed E-state index contributed by atoms with van der Waals surface area (Å²) in [6.07, 6.45) is 1.67. The molecule has 0 bridgehead atoms. The van der Waals surface area contributed by atoms with Gasteiger partial charge in [0.25, 0.3) is 0 Å². The van der Waals surface area contributed by atoms with E-state index in [-0.39, 0.29) is 18.1 Å².